The van der Waals surface area contributed by atoms with Crippen molar-refractivity contribution in [2.75, 3.05) is 16.4 Å². The number of halogens is 2. The number of fused-ring (bicyclic) bond motifs is 1. The molecule has 2 aromatic heterocycles. The zero-order valence-electron chi connectivity index (χ0n) is 18.7. The van der Waals surface area contributed by atoms with Gasteiger partial charge in [-0.1, -0.05) is 29.3 Å². The maximum atomic E-state index is 13.5. The lowest BCUT2D eigenvalue weighted by molar-refractivity contribution is 0.104. The standard InChI is InChI=1S/C24H22Cl2N6O2/c1-12(2)32-10-16(19-22(27)28-11-29-23(19)32)21(33)15-5-4-6-18(20(15)26)31-24(34)30-17-8-7-14(25)9-13(17)3/h4-12H,1-3H3,(H2,27,28,29)(H2,30,31,34). The van der Waals surface area contributed by atoms with Gasteiger partial charge in [0.15, 0.2) is 5.78 Å². The van der Waals surface area contributed by atoms with Gasteiger partial charge in [-0.25, -0.2) is 14.8 Å². The molecule has 2 heterocycles. The van der Waals surface area contributed by atoms with Gasteiger partial charge in [0.1, 0.15) is 17.8 Å². The van der Waals surface area contributed by atoms with E-state index in [1.165, 1.54) is 6.33 Å². The number of nitrogens with zero attached hydrogens (tertiary/aromatic N) is 3. The summed E-state index contributed by atoms with van der Waals surface area (Å²) >= 11 is 12.5. The minimum absolute atomic E-state index is 0.0434. The number of nitrogens with two attached hydrogens (primary N) is 1. The quantitative estimate of drug-likeness (QED) is 0.289. The Morgan fingerprint density at radius 1 is 1.03 bits per heavy atom. The Morgan fingerprint density at radius 2 is 1.76 bits per heavy atom. The number of carbonyl (C=O) groups excluding carboxylic acids is 2. The molecule has 4 N–H and O–H groups in total. The first-order valence-corrected chi connectivity index (χ1v) is 11.2. The van der Waals surface area contributed by atoms with Crippen LogP contribution < -0.4 is 16.4 Å². The van der Waals surface area contributed by atoms with Crippen molar-refractivity contribution in [3.63, 3.8) is 0 Å². The fourth-order valence-electron chi connectivity index (χ4n) is 3.67. The Hall–Kier alpha value is -3.62. The van der Waals surface area contributed by atoms with Gasteiger partial charge >= 0.3 is 6.03 Å². The topological polar surface area (TPSA) is 115 Å². The van der Waals surface area contributed by atoms with Crippen LogP contribution in [0.5, 0.6) is 0 Å². The summed E-state index contributed by atoms with van der Waals surface area (Å²) in [5.41, 5.74) is 8.90. The summed E-state index contributed by atoms with van der Waals surface area (Å²) in [4.78, 5) is 34.5. The largest absolute Gasteiger partial charge is 0.383 e. The van der Waals surface area contributed by atoms with Crippen LogP contribution in [0.1, 0.15) is 41.4 Å². The first-order valence-electron chi connectivity index (χ1n) is 10.5. The molecule has 0 saturated heterocycles. The van der Waals surface area contributed by atoms with E-state index in [4.69, 9.17) is 28.9 Å². The maximum absolute atomic E-state index is 13.5. The third-order valence-electron chi connectivity index (χ3n) is 5.37. The number of nitrogen functional groups attached to an aromatic ring is 1. The summed E-state index contributed by atoms with van der Waals surface area (Å²) in [5, 5.41) is 6.59. The molecular weight excluding hydrogens is 475 g/mol. The van der Waals surface area contributed by atoms with Gasteiger partial charge in [0.2, 0.25) is 0 Å². The van der Waals surface area contributed by atoms with Gasteiger partial charge in [-0.2, -0.15) is 0 Å². The van der Waals surface area contributed by atoms with Crippen LogP contribution in [0.4, 0.5) is 22.0 Å². The number of amides is 2. The van der Waals surface area contributed by atoms with Gasteiger partial charge in [0, 0.05) is 28.5 Å². The summed E-state index contributed by atoms with van der Waals surface area (Å²) in [6, 6.07) is 9.51. The zero-order chi connectivity index (χ0) is 24.6. The molecule has 0 radical (unpaired) electrons. The summed E-state index contributed by atoms with van der Waals surface area (Å²) in [7, 11) is 0. The maximum Gasteiger partial charge on any atom is 0.323 e. The highest BCUT2D eigenvalue weighted by Gasteiger charge is 2.24. The van der Waals surface area contributed by atoms with Crippen molar-refractivity contribution in [2.45, 2.75) is 26.8 Å². The van der Waals surface area contributed by atoms with Crippen molar-refractivity contribution in [1.82, 2.24) is 14.5 Å². The molecule has 174 valence electrons. The number of ketones is 1. The Labute approximate surface area is 206 Å². The highest BCUT2D eigenvalue weighted by atomic mass is 35.5. The second-order valence-corrected chi connectivity index (χ2v) is 8.85. The Bertz CT molecular complexity index is 1430. The lowest BCUT2D eigenvalue weighted by Crippen LogP contribution is -2.20. The summed E-state index contributed by atoms with van der Waals surface area (Å²) in [6.45, 7) is 5.78. The smallest absolute Gasteiger partial charge is 0.323 e. The van der Waals surface area contributed by atoms with Gasteiger partial charge in [0.25, 0.3) is 0 Å². The molecule has 0 bridgehead atoms. The first-order chi connectivity index (χ1) is 16.2. The van der Waals surface area contributed by atoms with Crippen molar-refractivity contribution in [3.8, 4) is 0 Å². The zero-order valence-corrected chi connectivity index (χ0v) is 20.2. The van der Waals surface area contributed by atoms with Crippen LogP contribution in [-0.4, -0.2) is 26.3 Å². The van der Waals surface area contributed by atoms with E-state index in [1.807, 2.05) is 25.3 Å². The highest BCUT2D eigenvalue weighted by molar-refractivity contribution is 6.38. The van der Waals surface area contributed by atoms with E-state index >= 15 is 0 Å². The normalized spacial score (nSPS) is 11.1. The highest BCUT2D eigenvalue weighted by Crippen LogP contribution is 2.33. The molecule has 0 spiro atoms. The van der Waals surface area contributed by atoms with Crippen LogP contribution in [0.25, 0.3) is 11.0 Å². The van der Waals surface area contributed by atoms with Crippen LogP contribution in [-0.2, 0) is 0 Å². The molecule has 2 aromatic carbocycles. The third kappa shape index (κ3) is 4.42. The molecule has 0 saturated carbocycles. The van der Waals surface area contributed by atoms with Crippen molar-refractivity contribution < 1.29 is 9.59 Å². The van der Waals surface area contributed by atoms with E-state index in [-0.39, 0.29) is 33.9 Å². The van der Waals surface area contributed by atoms with E-state index in [0.717, 1.165) is 5.56 Å². The molecule has 34 heavy (non-hydrogen) atoms. The fraction of sp³-hybridized carbons (Fsp3) is 0.167. The minimum Gasteiger partial charge on any atom is -0.383 e. The molecule has 0 unspecified atom stereocenters. The number of anilines is 3. The second-order valence-electron chi connectivity index (χ2n) is 8.04. The summed E-state index contributed by atoms with van der Waals surface area (Å²) in [5.74, 6) is -0.149. The molecular formula is C24H22Cl2N6O2. The van der Waals surface area contributed by atoms with Crippen LogP contribution in [0, 0.1) is 6.92 Å². The predicted molar refractivity (Wildman–Crippen MR) is 136 cm³/mol. The van der Waals surface area contributed by atoms with E-state index in [2.05, 4.69) is 20.6 Å². The van der Waals surface area contributed by atoms with Crippen LogP contribution in [0.15, 0.2) is 48.9 Å². The Kier molecular flexibility index (Phi) is 6.45. The second kappa shape index (κ2) is 9.32. The number of hydrogen-bond donors (Lipinski definition) is 3. The van der Waals surface area contributed by atoms with Gasteiger partial charge < -0.3 is 20.9 Å². The molecule has 4 aromatic rings. The number of benzene rings is 2. The number of urea groups is 1. The van der Waals surface area contributed by atoms with E-state index in [0.29, 0.717) is 27.3 Å². The molecule has 10 heteroatoms. The Morgan fingerprint density at radius 3 is 2.47 bits per heavy atom. The monoisotopic (exact) mass is 496 g/mol. The van der Waals surface area contributed by atoms with E-state index in [1.54, 1.807) is 42.6 Å². The van der Waals surface area contributed by atoms with E-state index in [9.17, 15) is 9.59 Å². The average molecular weight is 497 g/mol. The fourth-order valence-corrected chi connectivity index (χ4v) is 4.15. The van der Waals surface area contributed by atoms with Crippen molar-refractivity contribution in [2.24, 2.45) is 0 Å². The summed E-state index contributed by atoms with van der Waals surface area (Å²) in [6.07, 6.45) is 3.07. The molecule has 2 amide bonds. The van der Waals surface area contributed by atoms with Crippen molar-refractivity contribution >= 4 is 63.2 Å². The van der Waals surface area contributed by atoms with Gasteiger partial charge in [-0.05, 0) is 56.7 Å². The van der Waals surface area contributed by atoms with Crippen LogP contribution in [0.3, 0.4) is 0 Å². The molecule has 0 aliphatic carbocycles. The van der Waals surface area contributed by atoms with Gasteiger partial charge in [-0.3, -0.25) is 4.79 Å². The molecule has 0 aliphatic rings. The van der Waals surface area contributed by atoms with Gasteiger partial charge in [-0.15, -0.1) is 0 Å². The number of rotatable bonds is 5. The molecule has 0 fully saturated rings. The number of nitrogens with one attached hydrogen (secondary N) is 2. The molecule has 0 atom stereocenters. The molecule has 8 nitrogen and oxygen atoms in total. The SMILES string of the molecule is Cc1cc(Cl)ccc1NC(=O)Nc1cccc(C(=O)c2cn(C(C)C)c3ncnc(N)c23)c1Cl. The van der Waals surface area contributed by atoms with Crippen molar-refractivity contribution in [3.05, 3.63) is 75.7 Å². The minimum atomic E-state index is -0.508. The summed E-state index contributed by atoms with van der Waals surface area (Å²) < 4.78 is 1.86. The number of aromatic nitrogens is 3. The van der Waals surface area contributed by atoms with Gasteiger partial charge in [0.05, 0.1) is 21.7 Å². The molecule has 4 rings (SSSR count). The predicted octanol–water partition coefficient (Wildman–Crippen LogP) is 6.08. The van der Waals surface area contributed by atoms with Crippen LogP contribution >= 0.6 is 23.2 Å². The first kappa shape index (κ1) is 23.5. The average Bonchev–Trinajstić information content (AvgIpc) is 3.18. The lowest BCUT2D eigenvalue weighted by atomic mass is 10.0. The lowest BCUT2D eigenvalue weighted by Gasteiger charge is -2.13. The number of carbonyl (C=O) groups is 2. The van der Waals surface area contributed by atoms with Crippen molar-refractivity contribution in [1.29, 1.82) is 0 Å². The van der Waals surface area contributed by atoms with E-state index < -0.39 is 6.03 Å². The molecule has 0 aliphatic heterocycles. The van der Waals surface area contributed by atoms with Crippen LogP contribution in [0.2, 0.25) is 10.0 Å². The third-order valence-corrected chi connectivity index (χ3v) is 6.01. The number of aryl methyl sites for hydroxylation is 1. The Balaban J connectivity index is 1.66. The number of hydrogen-bond acceptors (Lipinski definition) is 5.